The first-order chi connectivity index (χ1) is 16.7. The van der Waals surface area contributed by atoms with Crippen LogP contribution in [-0.4, -0.2) is 66.9 Å². The van der Waals surface area contributed by atoms with Gasteiger partial charge in [0.2, 0.25) is 0 Å². The minimum Gasteiger partial charge on any atom is -0.394 e. The minimum atomic E-state index is -1.90. The van der Waals surface area contributed by atoms with Gasteiger partial charge in [-0.2, -0.15) is 0 Å². The highest BCUT2D eigenvalue weighted by Crippen LogP contribution is 2.36. The van der Waals surface area contributed by atoms with Crippen LogP contribution in [-0.2, 0) is 20.3 Å². The molecule has 0 amide bonds. The highest BCUT2D eigenvalue weighted by Gasteiger charge is 2.49. The quantitative estimate of drug-likeness (QED) is 0.453. The summed E-state index contributed by atoms with van der Waals surface area (Å²) in [6, 6.07) is 4.76. The zero-order chi connectivity index (χ0) is 25.4. The molecule has 4 rings (SSSR count). The van der Waals surface area contributed by atoms with Crippen LogP contribution in [0.2, 0.25) is 10.0 Å². The fourth-order valence-corrected chi connectivity index (χ4v) is 5.61. The second-order valence-corrected chi connectivity index (χ2v) is 9.96. The van der Waals surface area contributed by atoms with Crippen molar-refractivity contribution < 1.29 is 37.1 Å². The molecule has 0 spiro atoms. The van der Waals surface area contributed by atoms with E-state index in [-0.39, 0.29) is 26.2 Å². The number of nitrogens with zero attached hydrogens (tertiary/aromatic N) is 3. The van der Waals surface area contributed by atoms with Crippen molar-refractivity contribution in [3.8, 4) is 11.3 Å². The molecule has 1 aliphatic heterocycles. The number of aliphatic hydroxyl groups is 2. The van der Waals surface area contributed by atoms with E-state index in [0.717, 1.165) is 16.8 Å². The molecule has 0 saturated carbocycles. The molecule has 0 radical (unpaired) electrons. The fraction of sp³-hybridized carbons (Fsp3) is 0.333. The summed E-state index contributed by atoms with van der Waals surface area (Å²) in [4.78, 5) is 0.259. The molecule has 3 aromatic rings. The van der Waals surface area contributed by atoms with Crippen molar-refractivity contribution in [2.75, 3.05) is 13.7 Å². The summed E-state index contributed by atoms with van der Waals surface area (Å²) in [6.07, 6.45) is -2.41. The highest BCUT2D eigenvalue weighted by atomic mass is 35.5. The van der Waals surface area contributed by atoms with E-state index in [0.29, 0.717) is 0 Å². The van der Waals surface area contributed by atoms with Gasteiger partial charge in [0, 0.05) is 17.6 Å². The molecule has 8 nitrogen and oxygen atoms in total. The predicted molar refractivity (Wildman–Crippen MR) is 120 cm³/mol. The zero-order valence-electron chi connectivity index (χ0n) is 17.8. The second-order valence-electron chi connectivity index (χ2n) is 7.62. The van der Waals surface area contributed by atoms with E-state index < -0.39 is 64.6 Å². The van der Waals surface area contributed by atoms with Crippen molar-refractivity contribution in [3.05, 3.63) is 64.0 Å². The molecule has 1 aromatic heterocycles. The lowest BCUT2D eigenvalue weighted by Gasteiger charge is -2.43. The van der Waals surface area contributed by atoms with Crippen LogP contribution in [0.15, 0.2) is 41.4 Å². The molecule has 1 saturated heterocycles. The van der Waals surface area contributed by atoms with E-state index in [4.69, 9.17) is 32.7 Å². The van der Waals surface area contributed by atoms with Gasteiger partial charge in [0.25, 0.3) is 0 Å². The Labute approximate surface area is 209 Å². The highest BCUT2D eigenvalue weighted by molar-refractivity contribution is 7.85. The molecule has 2 aromatic carbocycles. The SMILES string of the molecule is CO[C@@H]1[C@@H](n2cc(-c3cc(F)c(F)c(F)c3)nn2)[C@@H](O)[C@@H](CO)O[C@@H]1[S@](=O)c1ccc(Cl)c(Cl)c1. The van der Waals surface area contributed by atoms with Crippen molar-refractivity contribution >= 4 is 34.0 Å². The van der Waals surface area contributed by atoms with E-state index in [1.807, 2.05) is 0 Å². The number of hydrogen-bond acceptors (Lipinski definition) is 7. The molecule has 2 heterocycles. The number of aromatic nitrogens is 3. The molecular weight excluding hydrogens is 534 g/mol. The van der Waals surface area contributed by atoms with Crippen LogP contribution in [0.5, 0.6) is 0 Å². The van der Waals surface area contributed by atoms with Crippen LogP contribution in [0.4, 0.5) is 13.2 Å². The van der Waals surface area contributed by atoms with Crippen LogP contribution in [0.1, 0.15) is 6.04 Å². The summed E-state index contributed by atoms with van der Waals surface area (Å²) in [7, 11) is -0.603. The van der Waals surface area contributed by atoms with Crippen LogP contribution in [0.25, 0.3) is 11.3 Å². The number of rotatable bonds is 6. The zero-order valence-corrected chi connectivity index (χ0v) is 20.1. The van der Waals surface area contributed by atoms with Crippen molar-refractivity contribution in [1.29, 1.82) is 0 Å². The van der Waals surface area contributed by atoms with Crippen LogP contribution in [0.3, 0.4) is 0 Å². The molecular formula is C21H18Cl2F3N3O5S. The van der Waals surface area contributed by atoms with Gasteiger partial charge in [-0.25, -0.2) is 17.9 Å². The Bertz CT molecular complexity index is 1240. The van der Waals surface area contributed by atoms with Crippen LogP contribution < -0.4 is 0 Å². The Morgan fingerprint density at radius 2 is 1.86 bits per heavy atom. The molecule has 188 valence electrons. The lowest BCUT2D eigenvalue weighted by molar-refractivity contribution is -0.187. The van der Waals surface area contributed by atoms with Crippen molar-refractivity contribution in [2.24, 2.45) is 0 Å². The molecule has 0 bridgehead atoms. The van der Waals surface area contributed by atoms with E-state index in [1.54, 1.807) is 0 Å². The number of methoxy groups -OCH3 is 1. The molecule has 0 aliphatic carbocycles. The normalized spacial score (nSPS) is 25.5. The van der Waals surface area contributed by atoms with Gasteiger partial charge in [0.05, 0.1) is 33.6 Å². The Morgan fingerprint density at radius 1 is 1.17 bits per heavy atom. The van der Waals surface area contributed by atoms with Gasteiger partial charge in [0.1, 0.15) is 30.0 Å². The van der Waals surface area contributed by atoms with E-state index >= 15 is 0 Å². The smallest absolute Gasteiger partial charge is 0.194 e. The maximum atomic E-state index is 13.7. The number of halogens is 5. The molecule has 35 heavy (non-hydrogen) atoms. The summed E-state index contributed by atoms with van der Waals surface area (Å²) in [5.41, 5.74) is -1.33. The molecule has 0 unspecified atom stereocenters. The van der Waals surface area contributed by atoms with Gasteiger partial charge in [-0.1, -0.05) is 28.4 Å². The monoisotopic (exact) mass is 551 g/mol. The topological polar surface area (TPSA) is 107 Å². The number of aliphatic hydroxyl groups excluding tert-OH is 2. The summed E-state index contributed by atoms with van der Waals surface area (Å²) < 4.78 is 66.5. The van der Waals surface area contributed by atoms with Crippen molar-refractivity contribution in [3.63, 3.8) is 0 Å². The largest absolute Gasteiger partial charge is 0.394 e. The fourth-order valence-electron chi connectivity index (χ4n) is 3.78. The first-order valence-corrected chi connectivity index (χ1v) is 12.0. The average molecular weight is 552 g/mol. The van der Waals surface area contributed by atoms with Crippen molar-refractivity contribution in [2.45, 2.75) is 34.7 Å². The van der Waals surface area contributed by atoms with Gasteiger partial charge in [0.15, 0.2) is 22.9 Å². The lowest BCUT2D eigenvalue weighted by atomic mass is 9.97. The molecule has 1 aliphatic rings. The van der Waals surface area contributed by atoms with E-state index in [9.17, 15) is 27.6 Å². The number of hydrogen-bond donors (Lipinski definition) is 2. The first kappa shape index (κ1) is 26.0. The van der Waals surface area contributed by atoms with Gasteiger partial charge < -0.3 is 19.7 Å². The Kier molecular flexibility index (Phi) is 7.81. The molecule has 6 atom stereocenters. The minimum absolute atomic E-state index is 0.0287. The molecule has 14 heteroatoms. The Morgan fingerprint density at radius 3 is 2.46 bits per heavy atom. The first-order valence-electron chi connectivity index (χ1n) is 10.1. The van der Waals surface area contributed by atoms with Crippen molar-refractivity contribution in [1.82, 2.24) is 15.0 Å². The maximum Gasteiger partial charge on any atom is 0.194 e. The van der Waals surface area contributed by atoms with Crippen LogP contribution in [0, 0.1) is 17.5 Å². The van der Waals surface area contributed by atoms with E-state index in [1.165, 1.54) is 31.5 Å². The Balaban J connectivity index is 1.72. The molecule has 1 fully saturated rings. The summed E-state index contributed by atoms with van der Waals surface area (Å²) >= 11 is 12.0. The lowest BCUT2D eigenvalue weighted by Crippen LogP contribution is -2.57. The molecule has 2 N–H and O–H groups in total. The van der Waals surface area contributed by atoms with Crippen LogP contribution >= 0.6 is 23.2 Å². The Hall–Kier alpha value is -2.06. The third-order valence-corrected chi connectivity index (χ3v) is 7.79. The third kappa shape index (κ3) is 4.96. The van der Waals surface area contributed by atoms with Gasteiger partial charge in [-0.3, -0.25) is 4.21 Å². The van der Waals surface area contributed by atoms with Gasteiger partial charge >= 0.3 is 0 Å². The number of benzene rings is 2. The van der Waals surface area contributed by atoms with Gasteiger partial charge in [-0.15, -0.1) is 5.10 Å². The predicted octanol–water partition coefficient (Wildman–Crippen LogP) is 3.11. The summed E-state index contributed by atoms with van der Waals surface area (Å²) in [5.74, 6) is -4.44. The summed E-state index contributed by atoms with van der Waals surface area (Å²) in [6.45, 7) is -0.626. The third-order valence-electron chi connectivity index (χ3n) is 5.53. The average Bonchev–Trinajstić information content (AvgIpc) is 3.32. The van der Waals surface area contributed by atoms with Gasteiger partial charge in [-0.05, 0) is 30.3 Å². The standard InChI is InChI=1S/C21H18Cl2F3N3O5S/c1-33-20-18(29-7-15(27-28-29)9-4-13(24)17(26)14(25)5-9)19(31)16(8-30)34-21(20)35(32)10-2-3-11(22)12(23)6-10/h2-7,16,18-21,30-31H,8H2,1H3/t16-,18+,19+,20-,21-,35-/m1/s1. The number of ether oxygens (including phenoxy) is 2. The summed E-state index contributed by atoms with van der Waals surface area (Å²) in [5, 5.41) is 28.9. The van der Waals surface area contributed by atoms with E-state index in [2.05, 4.69) is 10.3 Å². The maximum absolute atomic E-state index is 13.7. The second kappa shape index (κ2) is 10.5.